The van der Waals surface area contributed by atoms with E-state index in [0.29, 0.717) is 17.4 Å². The molecule has 0 bridgehead atoms. The monoisotopic (exact) mass is 426 g/mol. The minimum atomic E-state index is -1.17. The van der Waals surface area contributed by atoms with E-state index in [-0.39, 0.29) is 24.3 Å². The molecule has 3 rings (SSSR count). The first kappa shape index (κ1) is 21.9. The van der Waals surface area contributed by atoms with Gasteiger partial charge in [0.1, 0.15) is 23.1 Å². The van der Waals surface area contributed by atoms with Gasteiger partial charge in [0.2, 0.25) is 0 Å². The van der Waals surface area contributed by atoms with Gasteiger partial charge in [0, 0.05) is 30.9 Å². The van der Waals surface area contributed by atoms with Crippen molar-refractivity contribution in [3.05, 3.63) is 94.3 Å². The molecule has 0 radical (unpaired) electrons. The van der Waals surface area contributed by atoms with Gasteiger partial charge >= 0.3 is 5.97 Å². The summed E-state index contributed by atoms with van der Waals surface area (Å²) in [5.74, 6) is -2.81. The molecule has 0 saturated carbocycles. The molecular weight excluding hydrogens is 406 g/mol. The van der Waals surface area contributed by atoms with Gasteiger partial charge in [0.15, 0.2) is 0 Å². The van der Waals surface area contributed by atoms with Gasteiger partial charge in [-0.2, -0.15) is 0 Å². The molecule has 1 N–H and O–H groups in total. The number of ether oxygens (including phenoxy) is 1. The molecule has 0 aliphatic rings. The van der Waals surface area contributed by atoms with Crippen LogP contribution in [0.2, 0.25) is 0 Å². The summed E-state index contributed by atoms with van der Waals surface area (Å²) < 4.78 is 32.7. The number of aromatic carboxylic acids is 1. The summed E-state index contributed by atoms with van der Waals surface area (Å²) in [4.78, 5) is 29.4. The van der Waals surface area contributed by atoms with E-state index in [1.807, 2.05) is 13.0 Å². The van der Waals surface area contributed by atoms with E-state index >= 15 is 0 Å². The predicted molar refractivity (Wildman–Crippen MR) is 109 cm³/mol. The second kappa shape index (κ2) is 9.34. The summed E-state index contributed by atoms with van der Waals surface area (Å²) in [6, 6.07) is 10.9. The predicted octanol–water partition coefficient (Wildman–Crippen LogP) is 4.22. The number of aromatic nitrogens is 1. The second-order valence-electron chi connectivity index (χ2n) is 6.92. The maximum Gasteiger partial charge on any atom is 0.354 e. The van der Waals surface area contributed by atoms with E-state index in [2.05, 4.69) is 4.98 Å². The zero-order chi connectivity index (χ0) is 22.5. The van der Waals surface area contributed by atoms with Gasteiger partial charge < -0.3 is 14.7 Å². The Kier molecular flexibility index (Phi) is 6.59. The second-order valence-corrected chi connectivity index (χ2v) is 6.92. The van der Waals surface area contributed by atoms with Crippen molar-refractivity contribution in [3.63, 3.8) is 0 Å². The maximum atomic E-state index is 13.7. The fourth-order valence-corrected chi connectivity index (χ4v) is 3.18. The number of methoxy groups -OCH3 is 1. The normalized spacial score (nSPS) is 10.6. The Morgan fingerprint density at radius 3 is 2.35 bits per heavy atom. The summed E-state index contributed by atoms with van der Waals surface area (Å²) in [5, 5.41) is 9.01. The summed E-state index contributed by atoms with van der Waals surface area (Å²) in [6.45, 7) is 2.04. The Balaban J connectivity index is 1.96. The highest BCUT2D eigenvalue weighted by Gasteiger charge is 2.20. The number of benzene rings is 2. The van der Waals surface area contributed by atoms with Crippen molar-refractivity contribution in [2.24, 2.45) is 0 Å². The Hall–Kier alpha value is -3.81. The molecule has 6 nitrogen and oxygen atoms in total. The van der Waals surface area contributed by atoms with E-state index in [9.17, 15) is 18.4 Å². The Labute approximate surface area is 177 Å². The number of carbonyl (C=O) groups excluding carboxylic acids is 1. The molecule has 0 unspecified atom stereocenters. The molecule has 1 heterocycles. The van der Waals surface area contributed by atoms with Crippen LogP contribution >= 0.6 is 0 Å². The van der Waals surface area contributed by atoms with E-state index in [4.69, 9.17) is 9.84 Å². The SMILES string of the molecule is COc1cccc(CN(Cc2ccc(C(=O)O)nc2)C(=O)c2cc(F)cc(F)c2)c1C. The number of nitrogens with zero attached hydrogens (tertiary/aromatic N) is 2. The quantitative estimate of drug-likeness (QED) is 0.612. The highest BCUT2D eigenvalue weighted by molar-refractivity contribution is 5.94. The highest BCUT2D eigenvalue weighted by atomic mass is 19.1. The van der Waals surface area contributed by atoms with E-state index in [0.717, 1.165) is 23.3 Å². The molecule has 0 atom stereocenters. The lowest BCUT2D eigenvalue weighted by molar-refractivity contribution is 0.0687. The van der Waals surface area contributed by atoms with E-state index in [1.54, 1.807) is 25.3 Å². The van der Waals surface area contributed by atoms with Gasteiger partial charge in [0.25, 0.3) is 5.91 Å². The van der Waals surface area contributed by atoms with Crippen molar-refractivity contribution < 1.29 is 28.2 Å². The van der Waals surface area contributed by atoms with Crippen molar-refractivity contribution in [1.82, 2.24) is 9.88 Å². The maximum absolute atomic E-state index is 13.7. The molecule has 0 aliphatic carbocycles. The smallest absolute Gasteiger partial charge is 0.354 e. The molecule has 1 aromatic heterocycles. The van der Waals surface area contributed by atoms with Gasteiger partial charge in [-0.25, -0.2) is 18.6 Å². The number of rotatable bonds is 7. The van der Waals surface area contributed by atoms with Crippen LogP contribution in [-0.4, -0.2) is 34.0 Å². The lowest BCUT2D eigenvalue weighted by Crippen LogP contribution is -2.30. The third kappa shape index (κ3) is 5.22. The summed E-state index contributed by atoms with van der Waals surface area (Å²) in [7, 11) is 1.54. The minimum Gasteiger partial charge on any atom is -0.496 e. The molecule has 2 aromatic carbocycles. The van der Waals surface area contributed by atoms with Crippen LogP contribution in [0.5, 0.6) is 5.75 Å². The minimum absolute atomic E-state index is 0.0561. The van der Waals surface area contributed by atoms with Crippen LogP contribution in [0.15, 0.2) is 54.7 Å². The number of hydrogen-bond acceptors (Lipinski definition) is 4. The molecule has 31 heavy (non-hydrogen) atoms. The van der Waals surface area contributed by atoms with E-state index < -0.39 is 23.5 Å². The van der Waals surface area contributed by atoms with Crippen LogP contribution in [0, 0.1) is 18.6 Å². The van der Waals surface area contributed by atoms with Gasteiger partial charge in [0.05, 0.1) is 7.11 Å². The van der Waals surface area contributed by atoms with Crippen LogP contribution in [0.3, 0.4) is 0 Å². The molecule has 3 aromatic rings. The fourth-order valence-electron chi connectivity index (χ4n) is 3.18. The number of amides is 1. The zero-order valence-corrected chi connectivity index (χ0v) is 16.9. The first-order chi connectivity index (χ1) is 14.8. The molecule has 0 aliphatic heterocycles. The molecule has 160 valence electrons. The summed E-state index contributed by atoms with van der Waals surface area (Å²) in [5.41, 5.74) is 1.92. The average molecular weight is 426 g/mol. The summed E-state index contributed by atoms with van der Waals surface area (Å²) in [6.07, 6.45) is 1.36. The van der Waals surface area contributed by atoms with Crippen molar-refractivity contribution >= 4 is 11.9 Å². The van der Waals surface area contributed by atoms with Crippen LogP contribution in [0.1, 0.15) is 37.5 Å². The zero-order valence-electron chi connectivity index (χ0n) is 16.9. The third-order valence-corrected chi connectivity index (χ3v) is 4.79. The number of carboxylic acid groups (broad SMARTS) is 1. The summed E-state index contributed by atoms with van der Waals surface area (Å²) >= 11 is 0. The topological polar surface area (TPSA) is 79.7 Å². The molecule has 1 amide bonds. The number of carboxylic acids is 1. The number of pyridine rings is 1. The molecule has 0 spiro atoms. The molecule has 8 heteroatoms. The van der Waals surface area contributed by atoms with Gasteiger partial charge in [-0.3, -0.25) is 4.79 Å². The van der Waals surface area contributed by atoms with Crippen LogP contribution in [0.4, 0.5) is 8.78 Å². The van der Waals surface area contributed by atoms with Crippen molar-refractivity contribution in [1.29, 1.82) is 0 Å². The first-order valence-corrected chi connectivity index (χ1v) is 9.34. The lowest BCUT2D eigenvalue weighted by atomic mass is 10.1. The molecule has 0 fully saturated rings. The third-order valence-electron chi connectivity index (χ3n) is 4.79. The van der Waals surface area contributed by atoms with Crippen molar-refractivity contribution in [2.45, 2.75) is 20.0 Å². The Morgan fingerprint density at radius 1 is 1.06 bits per heavy atom. The number of halogens is 2. The highest BCUT2D eigenvalue weighted by Crippen LogP contribution is 2.24. The van der Waals surface area contributed by atoms with Crippen molar-refractivity contribution in [2.75, 3.05) is 7.11 Å². The molecule has 0 saturated heterocycles. The van der Waals surface area contributed by atoms with Crippen LogP contribution < -0.4 is 4.74 Å². The van der Waals surface area contributed by atoms with E-state index in [1.165, 1.54) is 17.2 Å². The van der Waals surface area contributed by atoms with Crippen LogP contribution in [0.25, 0.3) is 0 Å². The number of hydrogen-bond donors (Lipinski definition) is 1. The Bertz CT molecular complexity index is 1100. The largest absolute Gasteiger partial charge is 0.496 e. The van der Waals surface area contributed by atoms with Crippen molar-refractivity contribution in [3.8, 4) is 5.75 Å². The van der Waals surface area contributed by atoms with Gasteiger partial charge in [-0.05, 0) is 47.9 Å². The first-order valence-electron chi connectivity index (χ1n) is 9.34. The van der Waals surface area contributed by atoms with Gasteiger partial charge in [-0.1, -0.05) is 18.2 Å². The van der Waals surface area contributed by atoms with Crippen LogP contribution in [-0.2, 0) is 13.1 Å². The number of carbonyl (C=O) groups is 2. The average Bonchev–Trinajstić information content (AvgIpc) is 2.73. The standard InChI is InChI=1S/C23H20F2N2O4/c1-14-16(4-3-5-21(14)31-2)13-27(12-15-6-7-20(23(29)30)26-11-15)22(28)17-8-18(24)10-19(25)9-17/h3-11H,12-13H2,1-2H3,(H,29,30). The lowest BCUT2D eigenvalue weighted by Gasteiger charge is -2.24. The molecular formula is C23H20F2N2O4. The fraction of sp³-hybridized carbons (Fsp3) is 0.174. The Morgan fingerprint density at radius 2 is 1.77 bits per heavy atom. The van der Waals surface area contributed by atoms with Gasteiger partial charge in [-0.15, -0.1) is 0 Å².